The Kier molecular flexibility index (Phi) is 3.99. The van der Waals surface area contributed by atoms with Gasteiger partial charge in [-0.1, -0.05) is 25.1 Å². The van der Waals surface area contributed by atoms with Gasteiger partial charge in [-0.05, 0) is 25.0 Å². The van der Waals surface area contributed by atoms with Crippen LogP contribution < -0.4 is 5.32 Å². The Balaban J connectivity index is 2.13. The zero-order chi connectivity index (χ0) is 13.0. The standard InChI is InChI=1S/C14H17NO3/c1-2-11(7-8-16)15-14(17)13-9-10-5-3-4-6-12(10)18-13/h3-6,9,11,16H,2,7-8H2,1H3,(H,15,17). The van der Waals surface area contributed by atoms with E-state index in [4.69, 9.17) is 9.52 Å². The third kappa shape index (κ3) is 2.71. The Hall–Kier alpha value is -1.81. The molecule has 18 heavy (non-hydrogen) atoms. The summed E-state index contributed by atoms with van der Waals surface area (Å²) in [7, 11) is 0. The second kappa shape index (κ2) is 5.69. The van der Waals surface area contributed by atoms with Gasteiger partial charge < -0.3 is 14.8 Å². The van der Waals surface area contributed by atoms with Crippen LogP contribution in [-0.4, -0.2) is 23.7 Å². The lowest BCUT2D eigenvalue weighted by atomic mass is 10.1. The maximum absolute atomic E-state index is 12.0. The molecule has 1 unspecified atom stereocenters. The highest BCUT2D eigenvalue weighted by Gasteiger charge is 2.15. The van der Waals surface area contributed by atoms with Crippen LogP contribution in [0.3, 0.4) is 0 Å². The molecule has 0 saturated carbocycles. The van der Waals surface area contributed by atoms with Crippen molar-refractivity contribution in [2.24, 2.45) is 0 Å². The van der Waals surface area contributed by atoms with E-state index >= 15 is 0 Å². The monoisotopic (exact) mass is 247 g/mol. The lowest BCUT2D eigenvalue weighted by Gasteiger charge is -2.14. The SMILES string of the molecule is CCC(CCO)NC(=O)c1cc2ccccc2o1. The topological polar surface area (TPSA) is 62.5 Å². The van der Waals surface area contributed by atoms with E-state index in [0.29, 0.717) is 17.8 Å². The summed E-state index contributed by atoms with van der Waals surface area (Å²) in [5, 5.41) is 12.7. The number of benzene rings is 1. The molecule has 96 valence electrons. The number of aliphatic hydroxyl groups excluding tert-OH is 1. The lowest BCUT2D eigenvalue weighted by Crippen LogP contribution is -2.34. The van der Waals surface area contributed by atoms with E-state index in [1.807, 2.05) is 31.2 Å². The maximum Gasteiger partial charge on any atom is 0.287 e. The Morgan fingerprint density at radius 2 is 2.22 bits per heavy atom. The molecule has 2 aromatic rings. The average molecular weight is 247 g/mol. The van der Waals surface area contributed by atoms with Gasteiger partial charge in [0.2, 0.25) is 0 Å². The molecule has 0 bridgehead atoms. The fourth-order valence-electron chi connectivity index (χ4n) is 1.88. The van der Waals surface area contributed by atoms with Gasteiger partial charge in [-0.25, -0.2) is 0 Å². The van der Waals surface area contributed by atoms with E-state index < -0.39 is 0 Å². The van der Waals surface area contributed by atoms with Gasteiger partial charge >= 0.3 is 0 Å². The number of hydrogen-bond donors (Lipinski definition) is 2. The first-order valence-electron chi connectivity index (χ1n) is 6.15. The number of carbonyl (C=O) groups excluding carboxylic acids is 1. The van der Waals surface area contributed by atoms with Crippen LogP contribution in [0.2, 0.25) is 0 Å². The first-order chi connectivity index (χ1) is 8.74. The predicted octanol–water partition coefficient (Wildman–Crippen LogP) is 2.32. The molecule has 1 heterocycles. The summed E-state index contributed by atoms with van der Waals surface area (Å²) in [6.45, 7) is 2.04. The van der Waals surface area contributed by atoms with Gasteiger partial charge in [0, 0.05) is 18.0 Å². The van der Waals surface area contributed by atoms with E-state index in [1.54, 1.807) is 6.07 Å². The molecular weight excluding hydrogens is 230 g/mol. The number of amides is 1. The number of fused-ring (bicyclic) bond motifs is 1. The minimum Gasteiger partial charge on any atom is -0.451 e. The molecule has 0 fully saturated rings. The molecule has 1 atom stereocenters. The summed E-state index contributed by atoms with van der Waals surface area (Å²) in [6.07, 6.45) is 1.34. The van der Waals surface area contributed by atoms with Crippen molar-refractivity contribution < 1.29 is 14.3 Å². The fraction of sp³-hybridized carbons (Fsp3) is 0.357. The van der Waals surface area contributed by atoms with Gasteiger partial charge in [-0.3, -0.25) is 4.79 Å². The van der Waals surface area contributed by atoms with Gasteiger partial charge in [-0.15, -0.1) is 0 Å². The molecule has 2 rings (SSSR count). The van der Waals surface area contributed by atoms with Crippen molar-refractivity contribution in [3.05, 3.63) is 36.1 Å². The Labute approximate surface area is 106 Å². The largest absolute Gasteiger partial charge is 0.451 e. The van der Waals surface area contributed by atoms with E-state index in [-0.39, 0.29) is 18.6 Å². The minimum absolute atomic E-state index is 0.0179. The second-order valence-corrected chi connectivity index (χ2v) is 4.24. The highest BCUT2D eigenvalue weighted by molar-refractivity contribution is 5.96. The number of nitrogens with one attached hydrogen (secondary N) is 1. The van der Waals surface area contributed by atoms with Crippen LogP contribution in [0.4, 0.5) is 0 Å². The molecule has 4 heteroatoms. The van der Waals surface area contributed by atoms with Crippen molar-refractivity contribution in [3.8, 4) is 0 Å². The molecule has 1 aromatic heterocycles. The van der Waals surface area contributed by atoms with E-state index in [1.165, 1.54) is 0 Å². The third-order valence-corrected chi connectivity index (χ3v) is 2.95. The third-order valence-electron chi connectivity index (χ3n) is 2.95. The number of rotatable bonds is 5. The van der Waals surface area contributed by atoms with Gasteiger partial charge in [0.05, 0.1) is 0 Å². The minimum atomic E-state index is -0.230. The summed E-state index contributed by atoms with van der Waals surface area (Å²) in [5.74, 6) is 0.0825. The molecular formula is C14H17NO3. The van der Waals surface area contributed by atoms with Crippen LogP contribution in [0.5, 0.6) is 0 Å². The van der Waals surface area contributed by atoms with Crippen molar-refractivity contribution in [1.29, 1.82) is 0 Å². The average Bonchev–Trinajstić information content (AvgIpc) is 2.82. The number of hydrogen-bond acceptors (Lipinski definition) is 3. The molecule has 0 aliphatic rings. The van der Waals surface area contributed by atoms with Crippen LogP contribution in [0.25, 0.3) is 11.0 Å². The van der Waals surface area contributed by atoms with Crippen molar-refractivity contribution in [2.75, 3.05) is 6.61 Å². The smallest absolute Gasteiger partial charge is 0.287 e. The summed E-state index contributed by atoms with van der Waals surface area (Å²) in [4.78, 5) is 12.0. The number of carbonyl (C=O) groups is 1. The highest BCUT2D eigenvalue weighted by atomic mass is 16.3. The van der Waals surface area contributed by atoms with Gasteiger partial charge in [0.1, 0.15) is 5.58 Å². The molecule has 0 aliphatic heterocycles. The van der Waals surface area contributed by atoms with E-state index in [9.17, 15) is 4.79 Å². The van der Waals surface area contributed by atoms with Crippen LogP contribution in [-0.2, 0) is 0 Å². The van der Waals surface area contributed by atoms with Gasteiger partial charge in [0.25, 0.3) is 5.91 Å². The molecule has 2 N–H and O–H groups in total. The Morgan fingerprint density at radius 1 is 1.44 bits per heavy atom. The summed E-state index contributed by atoms with van der Waals surface area (Å²) in [6, 6.07) is 9.22. The Morgan fingerprint density at radius 3 is 2.89 bits per heavy atom. The van der Waals surface area contributed by atoms with Crippen LogP contribution in [0, 0.1) is 0 Å². The number of aliphatic hydroxyl groups is 1. The van der Waals surface area contributed by atoms with Crippen molar-refractivity contribution in [2.45, 2.75) is 25.8 Å². The summed E-state index contributed by atoms with van der Waals surface area (Å²) < 4.78 is 5.48. The first kappa shape index (κ1) is 12.6. The van der Waals surface area contributed by atoms with Crippen LogP contribution in [0.1, 0.15) is 30.3 Å². The molecule has 0 spiro atoms. The summed E-state index contributed by atoms with van der Waals surface area (Å²) >= 11 is 0. The zero-order valence-electron chi connectivity index (χ0n) is 10.3. The lowest BCUT2D eigenvalue weighted by molar-refractivity contribution is 0.0903. The van der Waals surface area contributed by atoms with Crippen LogP contribution in [0.15, 0.2) is 34.7 Å². The highest BCUT2D eigenvalue weighted by Crippen LogP contribution is 2.18. The number of furan rings is 1. The molecule has 0 saturated heterocycles. The Bertz CT molecular complexity index is 500. The molecule has 1 aromatic carbocycles. The number of para-hydroxylation sites is 1. The van der Waals surface area contributed by atoms with E-state index in [2.05, 4.69) is 5.32 Å². The quantitative estimate of drug-likeness (QED) is 0.852. The molecule has 0 aliphatic carbocycles. The zero-order valence-corrected chi connectivity index (χ0v) is 10.3. The van der Waals surface area contributed by atoms with Gasteiger partial charge in [0.15, 0.2) is 5.76 Å². The van der Waals surface area contributed by atoms with Crippen molar-refractivity contribution in [1.82, 2.24) is 5.32 Å². The second-order valence-electron chi connectivity index (χ2n) is 4.24. The molecule has 0 radical (unpaired) electrons. The fourth-order valence-corrected chi connectivity index (χ4v) is 1.88. The van der Waals surface area contributed by atoms with E-state index in [0.717, 1.165) is 11.8 Å². The van der Waals surface area contributed by atoms with Crippen molar-refractivity contribution in [3.63, 3.8) is 0 Å². The van der Waals surface area contributed by atoms with Crippen molar-refractivity contribution >= 4 is 16.9 Å². The maximum atomic E-state index is 12.0. The summed E-state index contributed by atoms with van der Waals surface area (Å²) in [5.41, 5.74) is 0.706. The normalized spacial score (nSPS) is 12.6. The van der Waals surface area contributed by atoms with Gasteiger partial charge in [-0.2, -0.15) is 0 Å². The predicted molar refractivity (Wildman–Crippen MR) is 69.5 cm³/mol. The molecule has 1 amide bonds. The first-order valence-corrected chi connectivity index (χ1v) is 6.15. The molecule has 4 nitrogen and oxygen atoms in total. The van der Waals surface area contributed by atoms with Crippen LogP contribution >= 0.6 is 0 Å².